The Balaban J connectivity index is 2.36. The summed E-state index contributed by atoms with van der Waals surface area (Å²) in [6, 6.07) is 4.06. The summed E-state index contributed by atoms with van der Waals surface area (Å²) in [7, 11) is 0. The van der Waals surface area contributed by atoms with Crippen LogP contribution < -0.4 is 4.90 Å². The molecule has 0 spiro atoms. The number of aryl methyl sites for hydroxylation is 1. The van der Waals surface area contributed by atoms with E-state index < -0.39 is 5.60 Å². The molecule has 1 saturated carbocycles. The van der Waals surface area contributed by atoms with E-state index >= 15 is 0 Å². The highest BCUT2D eigenvalue weighted by Gasteiger charge is 2.37. The van der Waals surface area contributed by atoms with Gasteiger partial charge in [-0.1, -0.05) is 26.7 Å². The van der Waals surface area contributed by atoms with Gasteiger partial charge in [0.15, 0.2) is 0 Å². The molecule has 1 aromatic heterocycles. The van der Waals surface area contributed by atoms with E-state index in [-0.39, 0.29) is 12.1 Å². The van der Waals surface area contributed by atoms with E-state index in [1.807, 2.05) is 39.8 Å². The third-order valence-corrected chi connectivity index (χ3v) is 4.73. The molecule has 1 fully saturated rings. The first-order valence-corrected chi connectivity index (χ1v) is 8.64. The number of pyridine rings is 1. The normalized spacial score (nSPS) is 25.0. The molecule has 0 N–H and O–H groups in total. The van der Waals surface area contributed by atoms with Crippen LogP contribution in [-0.4, -0.2) is 22.7 Å². The molecule has 2 rings (SSSR count). The third kappa shape index (κ3) is 4.46. The Bertz CT molecular complexity index is 551. The summed E-state index contributed by atoms with van der Waals surface area (Å²) in [6.45, 7) is 12.2. The van der Waals surface area contributed by atoms with Gasteiger partial charge in [0, 0.05) is 12.2 Å². The maximum absolute atomic E-state index is 12.9. The van der Waals surface area contributed by atoms with Crippen LogP contribution in [0.15, 0.2) is 18.3 Å². The molecule has 3 atom stereocenters. The quantitative estimate of drug-likeness (QED) is 0.774. The molecule has 1 heterocycles. The summed E-state index contributed by atoms with van der Waals surface area (Å²) >= 11 is 0. The Morgan fingerprint density at radius 3 is 2.61 bits per heavy atom. The smallest absolute Gasteiger partial charge is 0.416 e. The van der Waals surface area contributed by atoms with Gasteiger partial charge in [-0.05, 0) is 63.6 Å². The summed E-state index contributed by atoms with van der Waals surface area (Å²) < 4.78 is 5.68. The molecule has 4 nitrogen and oxygen atoms in total. The molecular weight excluding hydrogens is 288 g/mol. The zero-order valence-electron chi connectivity index (χ0n) is 15.3. The van der Waals surface area contributed by atoms with Gasteiger partial charge in [-0.2, -0.15) is 0 Å². The molecule has 128 valence electrons. The summed E-state index contributed by atoms with van der Waals surface area (Å²) in [5.41, 5.74) is 0.586. The molecular formula is C19H30N2O2. The number of hydrogen-bond acceptors (Lipinski definition) is 3. The van der Waals surface area contributed by atoms with Crippen molar-refractivity contribution in [3.63, 3.8) is 0 Å². The van der Waals surface area contributed by atoms with E-state index in [9.17, 15) is 4.79 Å². The standard InChI is InChI=1S/C19H30N2O2/c1-13-10-11-20-17(12-13)21(18(22)23-19(4,5)6)16-9-7-8-14(2)15(16)3/h10-12,14-16H,7-9H2,1-6H3/t14-,15-,16-/m1/s1. The first-order valence-electron chi connectivity index (χ1n) is 8.64. The maximum atomic E-state index is 12.9. The number of carbonyl (C=O) groups is 1. The summed E-state index contributed by atoms with van der Waals surface area (Å²) in [5.74, 6) is 1.73. The Hall–Kier alpha value is -1.58. The zero-order valence-corrected chi connectivity index (χ0v) is 15.3. The van der Waals surface area contributed by atoms with Gasteiger partial charge in [0.05, 0.1) is 0 Å². The van der Waals surface area contributed by atoms with Crippen LogP contribution in [0, 0.1) is 18.8 Å². The van der Waals surface area contributed by atoms with Crippen molar-refractivity contribution in [3.05, 3.63) is 23.9 Å². The largest absolute Gasteiger partial charge is 0.443 e. The van der Waals surface area contributed by atoms with Crippen LogP contribution in [0.4, 0.5) is 10.6 Å². The van der Waals surface area contributed by atoms with E-state index in [0.29, 0.717) is 17.7 Å². The predicted molar refractivity (Wildman–Crippen MR) is 93.7 cm³/mol. The molecule has 23 heavy (non-hydrogen) atoms. The van der Waals surface area contributed by atoms with Crippen LogP contribution in [-0.2, 0) is 4.74 Å². The van der Waals surface area contributed by atoms with Gasteiger partial charge in [-0.3, -0.25) is 4.90 Å². The molecule has 0 unspecified atom stereocenters. The van der Waals surface area contributed by atoms with Crippen molar-refractivity contribution in [2.45, 2.75) is 72.4 Å². The lowest BCUT2D eigenvalue weighted by atomic mass is 9.77. The second kappa shape index (κ2) is 6.90. The van der Waals surface area contributed by atoms with Crippen LogP contribution >= 0.6 is 0 Å². The minimum absolute atomic E-state index is 0.142. The second-order valence-corrected chi connectivity index (χ2v) is 7.88. The number of nitrogens with zero attached hydrogens (tertiary/aromatic N) is 2. The Kier molecular flexibility index (Phi) is 5.33. The monoisotopic (exact) mass is 318 g/mol. The fraction of sp³-hybridized carbons (Fsp3) is 0.684. The second-order valence-electron chi connectivity index (χ2n) is 7.88. The van der Waals surface area contributed by atoms with E-state index in [2.05, 4.69) is 18.8 Å². The number of amides is 1. The van der Waals surface area contributed by atoms with Crippen LogP contribution in [0.25, 0.3) is 0 Å². The molecule has 1 amide bonds. The Labute approximate surface area is 140 Å². The lowest BCUT2D eigenvalue weighted by molar-refractivity contribution is 0.0532. The number of rotatable bonds is 2. The van der Waals surface area contributed by atoms with Gasteiger partial charge >= 0.3 is 6.09 Å². The molecule has 0 bridgehead atoms. The van der Waals surface area contributed by atoms with Gasteiger partial charge in [-0.25, -0.2) is 9.78 Å². The summed E-state index contributed by atoms with van der Waals surface area (Å²) in [5, 5.41) is 0. The molecule has 1 aromatic rings. The van der Waals surface area contributed by atoms with Gasteiger partial charge in [0.1, 0.15) is 11.4 Å². The van der Waals surface area contributed by atoms with Crippen LogP contribution in [0.3, 0.4) is 0 Å². The van der Waals surface area contributed by atoms with Crippen LogP contribution in [0.5, 0.6) is 0 Å². The van der Waals surface area contributed by atoms with Crippen molar-refractivity contribution in [2.24, 2.45) is 11.8 Å². The van der Waals surface area contributed by atoms with Crippen molar-refractivity contribution < 1.29 is 9.53 Å². The number of hydrogen-bond donors (Lipinski definition) is 0. The minimum Gasteiger partial charge on any atom is -0.443 e. The van der Waals surface area contributed by atoms with E-state index in [4.69, 9.17) is 4.74 Å². The average Bonchev–Trinajstić information content (AvgIpc) is 2.42. The minimum atomic E-state index is -0.511. The Morgan fingerprint density at radius 1 is 1.30 bits per heavy atom. The highest BCUT2D eigenvalue weighted by molar-refractivity contribution is 5.87. The molecule has 0 aromatic carbocycles. The average molecular weight is 318 g/mol. The summed E-state index contributed by atoms with van der Waals surface area (Å²) in [4.78, 5) is 19.1. The van der Waals surface area contributed by atoms with Crippen molar-refractivity contribution in [1.29, 1.82) is 0 Å². The van der Waals surface area contributed by atoms with Crippen molar-refractivity contribution in [3.8, 4) is 0 Å². The zero-order chi connectivity index (χ0) is 17.2. The maximum Gasteiger partial charge on any atom is 0.416 e. The SMILES string of the molecule is Cc1ccnc(N(C(=O)OC(C)(C)C)[C@@H]2CCC[C@@H](C)[C@H]2C)c1. The van der Waals surface area contributed by atoms with Crippen LogP contribution in [0.1, 0.15) is 59.4 Å². The number of carbonyl (C=O) groups excluding carboxylic acids is 1. The van der Waals surface area contributed by atoms with Crippen molar-refractivity contribution in [1.82, 2.24) is 4.98 Å². The van der Waals surface area contributed by atoms with Gasteiger partial charge in [0.25, 0.3) is 0 Å². The first kappa shape index (κ1) is 17.8. The Morgan fingerprint density at radius 2 is 2.00 bits per heavy atom. The topological polar surface area (TPSA) is 42.4 Å². The highest BCUT2D eigenvalue weighted by Crippen LogP contribution is 2.35. The predicted octanol–water partition coefficient (Wildman–Crippen LogP) is 4.96. The summed E-state index contributed by atoms with van der Waals surface area (Å²) in [6.07, 6.45) is 4.84. The fourth-order valence-corrected chi connectivity index (χ4v) is 3.28. The van der Waals surface area contributed by atoms with Crippen LogP contribution in [0.2, 0.25) is 0 Å². The number of anilines is 1. The van der Waals surface area contributed by atoms with E-state index in [1.54, 1.807) is 11.1 Å². The molecule has 1 aliphatic carbocycles. The van der Waals surface area contributed by atoms with E-state index in [0.717, 1.165) is 18.4 Å². The number of aromatic nitrogens is 1. The van der Waals surface area contributed by atoms with Gasteiger partial charge < -0.3 is 4.74 Å². The van der Waals surface area contributed by atoms with E-state index in [1.165, 1.54) is 6.42 Å². The number of ether oxygens (including phenoxy) is 1. The van der Waals surface area contributed by atoms with Gasteiger partial charge in [0.2, 0.25) is 0 Å². The first-order chi connectivity index (χ1) is 10.7. The molecule has 0 aliphatic heterocycles. The van der Waals surface area contributed by atoms with Gasteiger partial charge in [-0.15, -0.1) is 0 Å². The molecule has 4 heteroatoms. The third-order valence-electron chi connectivity index (χ3n) is 4.73. The fourth-order valence-electron chi connectivity index (χ4n) is 3.28. The van der Waals surface area contributed by atoms with Crippen molar-refractivity contribution in [2.75, 3.05) is 4.90 Å². The highest BCUT2D eigenvalue weighted by atomic mass is 16.6. The molecule has 1 aliphatic rings. The molecule has 0 saturated heterocycles. The molecule has 0 radical (unpaired) electrons. The lowest BCUT2D eigenvalue weighted by Crippen LogP contribution is -2.49. The lowest BCUT2D eigenvalue weighted by Gasteiger charge is -2.41. The van der Waals surface area contributed by atoms with Crippen molar-refractivity contribution >= 4 is 11.9 Å².